The molecule has 4 rings (SSSR count). The topological polar surface area (TPSA) is 59.1 Å². The predicted molar refractivity (Wildman–Crippen MR) is 111 cm³/mol. The number of esters is 1. The van der Waals surface area contributed by atoms with Crippen LogP contribution in [0.2, 0.25) is 0 Å². The summed E-state index contributed by atoms with van der Waals surface area (Å²) in [5, 5.41) is 0. The van der Waals surface area contributed by atoms with Crippen LogP contribution in [0.4, 0.5) is 13.2 Å². The summed E-state index contributed by atoms with van der Waals surface area (Å²) < 4.78 is 50.6. The number of likely N-dealkylation sites (tertiary alicyclic amines) is 1. The molecule has 0 bridgehead atoms. The van der Waals surface area contributed by atoms with Crippen molar-refractivity contribution in [3.8, 4) is 0 Å². The van der Waals surface area contributed by atoms with Crippen LogP contribution in [0.25, 0.3) is 0 Å². The third kappa shape index (κ3) is 5.08. The first-order chi connectivity index (χ1) is 15.1. The van der Waals surface area contributed by atoms with E-state index in [-0.39, 0.29) is 30.5 Å². The molecular weight excluding hydrogens is 425 g/mol. The second-order valence-electron chi connectivity index (χ2n) is 10.4. The number of piperidine rings is 1. The van der Waals surface area contributed by atoms with Crippen molar-refractivity contribution in [2.45, 2.75) is 82.2 Å². The lowest BCUT2D eigenvalue weighted by Gasteiger charge is -2.41. The molecule has 2 heterocycles. The van der Waals surface area contributed by atoms with Gasteiger partial charge in [0.2, 0.25) is 0 Å². The Morgan fingerprint density at radius 2 is 1.78 bits per heavy atom. The Balaban J connectivity index is 1.27. The Labute approximate surface area is 187 Å². The maximum absolute atomic E-state index is 13.2. The van der Waals surface area contributed by atoms with Gasteiger partial charge in [0.15, 0.2) is 0 Å². The second-order valence-corrected chi connectivity index (χ2v) is 10.4. The number of rotatable bonds is 5. The third-order valence-corrected chi connectivity index (χ3v) is 8.15. The van der Waals surface area contributed by atoms with Crippen molar-refractivity contribution >= 4 is 11.9 Å². The molecule has 0 radical (unpaired) electrons. The summed E-state index contributed by atoms with van der Waals surface area (Å²) in [5.74, 6) is -1.10. The number of ether oxygens (including phenoxy) is 2. The maximum Gasteiger partial charge on any atom is 0.471 e. The molecule has 1 unspecified atom stereocenters. The number of amides is 1. The third-order valence-electron chi connectivity index (χ3n) is 8.15. The molecule has 6 nitrogen and oxygen atoms in total. The van der Waals surface area contributed by atoms with Crippen LogP contribution in [0, 0.1) is 17.8 Å². The van der Waals surface area contributed by atoms with Crippen molar-refractivity contribution in [1.29, 1.82) is 0 Å². The van der Waals surface area contributed by atoms with Gasteiger partial charge >= 0.3 is 18.1 Å². The molecule has 3 atom stereocenters. The first kappa shape index (κ1) is 23.8. The number of hydrogen-bond donors (Lipinski definition) is 0. The summed E-state index contributed by atoms with van der Waals surface area (Å²) in [6, 6.07) is -0.799. The summed E-state index contributed by atoms with van der Waals surface area (Å²) in [7, 11) is 1.44. The minimum Gasteiger partial charge on any atom is -0.469 e. The molecule has 2 aliphatic carbocycles. The van der Waals surface area contributed by atoms with Gasteiger partial charge < -0.3 is 19.3 Å². The molecule has 9 heteroatoms. The Morgan fingerprint density at radius 3 is 2.31 bits per heavy atom. The molecule has 1 spiro atoms. The molecule has 0 aromatic rings. The van der Waals surface area contributed by atoms with Gasteiger partial charge in [-0.2, -0.15) is 13.2 Å². The van der Waals surface area contributed by atoms with Gasteiger partial charge in [0.1, 0.15) is 0 Å². The molecule has 4 fully saturated rings. The van der Waals surface area contributed by atoms with Crippen molar-refractivity contribution in [2.75, 3.05) is 33.4 Å². The number of carbonyl (C=O) groups excluding carboxylic acids is 2. The number of nitrogens with zero attached hydrogens (tertiary/aromatic N) is 2. The highest BCUT2D eigenvalue weighted by Gasteiger charge is 2.55. The van der Waals surface area contributed by atoms with Gasteiger partial charge in [-0.1, -0.05) is 6.92 Å². The predicted octanol–water partition coefficient (Wildman–Crippen LogP) is 3.39. The minimum absolute atomic E-state index is 0.0289. The van der Waals surface area contributed by atoms with E-state index in [9.17, 15) is 22.8 Å². The molecule has 0 aromatic heterocycles. The molecular formula is C23H35F3N2O4. The Bertz CT molecular complexity index is 700. The van der Waals surface area contributed by atoms with Gasteiger partial charge in [0.25, 0.3) is 0 Å². The van der Waals surface area contributed by atoms with E-state index in [1.54, 1.807) is 0 Å². The van der Waals surface area contributed by atoms with Crippen LogP contribution in [0.3, 0.4) is 0 Å². The van der Waals surface area contributed by atoms with Crippen LogP contribution >= 0.6 is 0 Å². The van der Waals surface area contributed by atoms with E-state index in [0.717, 1.165) is 63.1 Å². The zero-order valence-electron chi connectivity index (χ0n) is 19.0. The number of alkyl halides is 3. The van der Waals surface area contributed by atoms with Crippen molar-refractivity contribution in [2.24, 2.45) is 17.8 Å². The van der Waals surface area contributed by atoms with Crippen molar-refractivity contribution < 1.29 is 32.2 Å². The monoisotopic (exact) mass is 460 g/mol. The molecule has 182 valence electrons. The smallest absolute Gasteiger partial charge is 0.469 e. The van der Waals surface area contributed by atoms with Crippen LogP contribution < -0.4 is 0 Å². The largest absolute Gasteiger partial charge is 0.471 e. The average Bonchev–Trinajstić information content (AvgIpc) is 3.34. The van der Waals surface area contributed by atoms with Gasteiger partial charge in [-0.15, -0.1) is 0 Å². The second kappa shape index (κ2) is 9.12. The summed E-state index contributed by atoms with van der Waals surface area (Å²) in [5.41, 5.74) is -0.411. The van der Waals surface area contributed by atoms with E-state index in [1.807, 2.05) is 6.92 Å². The van der Waals surface area contributed by atoms with Gasteiger partial charge in [-0.3, -0.25) is 9.59 Å². The molecule has 2 saturated heterocycles. The SMILES string of the molecule is COC(=O)C1CCC(CN2CCC3(CC2)CC(N(C(=O)C(F)(F)F)[C@@H]2C[C@H]2C)CO3)CC1. The average molecular weight is 461 g/mol. The zero-order chi connectivity index (χ0) is 23.1. The van der Waals surface area contributed by atoms with E-state index in [4.69, 9.17) is 9.47 Å². The number of methoxy groups -OCH3 is 1. The molecule has 2 saturated carbocycles. The Hall–Kier alpha value is -1.35. The fraction of sp³-hybridized carbons (Fsp3) is 0.913. The zero-order valence-corrected chi connectivity index (χ0v) is 19.0. The van der Waals surface area contributed by atoms with Crippen LogP contribution in [0.1, 0.15) is 58.3 Å². The number of carbonyl (C=O) groups is 2. The van der Waals surface area contributed by atoms with Crippen molar-refractivity contribution in [3.63, 3.8) is 0 Å². The summed E-state index contributed by atoms with van der Waals surface area (Å²) in [4.78, 5) is 27.3. The number of hydrogen-bond acceptors (Lipinski definition) is 5. The van der Waals surface area contributed by atoms with Gasteiger partial charge in [-0.05, 0) is 63.2 Å². The lowest BCUT2D eigenvalue weighted by atomic mass is 9.81. The van der Waals surface area contributed by atoms with Gasteiger partial charge in [0, 0.05) is 25.7 Å². The lowest BCUT2D eigenvalue weighted by Crippen LogP contribution is -2.50. The first-order valence-corrected chi connectivity index (χ1v) is 12.0. The van der Waals surface area contributed by atoms with E-state index in [2.05, 4.69) is 4.90 Å². The molecule has 0 aromatic carbocycles. The van der Waals surface area contributed by atoms with E-state index < -0.39 is 23.7 Å². The summed E-state index contributed by atoms with van der Waals surface area (Å²) in [6.45, 7) is 4.80. The van der Waals surface area contributed by atoms with Gasteiger partial charge in [-0.25, -0.2) is 0 Å². The molecule has 32 heavy (non-hydrogen) atoms. The Morgan fingerprint density at radius 1 is 1.16 bits per heavy atom. The van der Waals surface area contributed by atoms with Crippen LogP contribution in [0.5, 0.6) is 0 Å². The molecule has 2 aliphatic heterocycles. The summed E-state index contributed by atoms with van der Waals surface area (Å²) in [6.07, 6.45) is 1.67. The lowest BCUT2D eigenvalue weighted by molar-refractivity contribution is -0.188. The highest BCUT2D eigenvalue weighted by atomic mass is 19.4. The minimum atomic E-state index is -4.84. The van der Waals surface area contributed by atoms with Crippen molar-refractivity contribution in [3.05, 3.63) is 0 Å². The quantitative estimate of drug-likeness (QED) is 0.589. The molecule has 0 N–H and O–H groups in total. The fourth-order valence-corrected chi connectivity index (χ4v) is 6.03. The highest BCUT2D eigenvalue weighted by Crippen LogP contribution is 2.44. The van der Waals surface area contributed by atoms with Crippen LogP contribution in [0.15, 0.2) is 0 Å². The van der Waals surface area contributed by atoms with Crippen LogP contribution in [-0.4, -0.2) is 78.9 Å². The molecule has 4 aliphatic rings. The summed E-state index contributed by atoms with van der Waals surface area (Å²) >= 11 is 0. The maximum atomic E-state index is 13.2. The Kier molecular flexibility index (Phi) is 6.78. The normalized spacial score (nSPS) is 35.0. The molecule has 1 amide bonds. The van der Waals surface area contributed by atoms with Gasteiger partial charge in [0.05, 0.1) is 31.3 Å². The first-order valence-electron chi connectivity index (χ1n) is 12.0. The van der Waals surface area contributed by atoms with Crippen molar-refractivity contribution in [1.82, 2.24) is 9.80 Å². The van der Waals surface area contributed by atoms with Crippen LogP contribution in [-0.2, 0) is 19.1 Å². The standard InChI is InChI=1S/C23H35F3N2O4/c1-15-11-19(15)28(21(30)23(24,25)26)18-12-22(32-14-18)7-9-27(10-8-22)13-16-3-5-17(6-4-16)20(29)31-2/h15-19H,3-14H2,1-2H3/t15-,16?,17?,18?,19-/m1/s1. The van der Waals surface area contributed by atoms with E-state index >= 15 is 0 Å². The highest BCUT2D eigenvalue weighted by molar-refractivity contribution is 5.83. The fourth-order valence-electron chi connectivity index (χ4n) is 6.03. The number of halogens is 3. The van der Waals surface area contributed by atoms with E-state index in [0.29, 0.717) is 18.8 Å². The van der Waals surface area contributed by atoms with E-state index in [1.165, 1.54) is 7.11 Å².